The number of ether oxygens (including phenoxy) is 1. The number of rotatable bonds is 8. The van der Waals surface area contributed by atoms with E-state index in [1.165, 1.54) is 35.5 Å². The molecule has 0 N–H and O–H groups in total. The molecule has 8 nitrogen and oxygen atoms in total. The zero-order chi connectivity index (χ0) is 21.7. The Hall–Kier alpha value is -3.43. The minimum absolute atomic E-state index is 0.143. The Morgan fingerprint density at radius 3 is 2.53 bits per heavy atom. The van der Waals surface area contributed by atoms with Crippen LogP contribution >= 0.6 is 0 Å². The summed E-state index contributed by atoms with van der Waals surface area (Å²) in [5.41, 5.74) is 0.684. The standard InChI is InChI=1S/C20H22F2N6O2/c1-4-27(14(2)13-30-18-6-5-15(11-24-18)20(3,21)22)19(29)16-12-23-8-7-17(16)28-25-9-10-26-28/h5-12,14H,4,13H2,1-3H3/t14-/m0/s1. The molecule has 1 amide bonds. The predicted molar refractivity (Wildman–Crippen MR) is 105 cm³/mol. The second kappa shape index (κ2) is 8.93. The molecule has 158 valence electrons. The molecule has 1 atom stereocenters. The lowest BCUT2D eigenvalue weighted by atomic mass is 10.1. The molecular formula is C20H22F2N6O2. The van der Waals surface area contributed by atoms with E-state index in [9.17, 15) is 13.6 Å². The summed E-state index contributed by atoms with van der Waals surface area (Å²) in [6.07, 6.45) is 7.17. The van der Waals surface area contributed by atoms with E-state index in [1.54, 1.807) is 17.2 Å². The summed E-state index contributed by atoms with van der Waals surface area (Å²) in [6.45, 7) is 5.07. The van der Waals surface area contributed by atoms with E-state index < -0.39 is 5.92 Å². The highest BCUT2D eigenvalue weighted by Crippen LogP contribution is 2.27. The largest absolute Gasteiger partial charge is 0.475 e. The number of carbonyl (C=O) groups excluding carboxylic acids is 1. The van der Waals surface area contributed by atoms with Crippen molar-refractivity contribution in [1.29, 1.82) is 0 Å². The zero-order valence-electron chi connectivity index (χ0n) is 16.9. The van der Waals surface area contributed by atoms with Gasteiger partial charge in [0, 0.05) is 43.7 Å². The van der Waals surface area contributed by atoms with Crippen LogP contribution < -0.4 is 4.74 Å². The van der Waals surface area contributed by atoms with Crippen molar-refractivity contribution >= 4 is 5.91 Å². The van der Waals surface area contributed by atoms with E-state index in [0.717, 1.165) is 13.1 Å². The molecule has 3 aromatic rings. The van der Waals surface area contributed by atoms with Crippen LogP contribution in [0.3, 0.4) is 0 Å². The normalized spacial score (nSPS) is 12.4. The molecule has 3 aromatic heterocycles. The second-order valence-electron chi connectivity index (χ2n) is 6.74. The lowest BCUT2D eigenvalue weighted by molar-refractivity contribution is 0.0169. The van der Waals surface area contributed by atoms with Crippen LogP contribution in [0.25, 0.3) is 5.69 Å². The Morgan fingerprint density at radius 2 is 1.93 bits per heavy atom. The van der Waals surface area contributed by atoms with Gasteiger partial charge in [0.15, 0.2) is 0 Å². The minimum atomic E-state index is -2.96. The van der Waals surface area contributed by atoms with Crippen LogP contribution in [0.2, 0.25) is 0 Å². The zero-order valence-corrected chi connectivity index (χ0v) is 16.9. The van der Waals surface area contributed by atoms with Crippen molar-refractivity contribution in [2.24, 2.45) is 0 Å². The number of alkyl halides is 2. The number of pyridine rings is 2. The van der Waals surface area contributed by atoms with Gasteiger partial charge >= 0.3 is 0 Å². The molecule has 0 bridgehead atoms. The second-order valence-corrected chi connectivity index (χ2v) is 6.74. The van der Waals surface area contributed by atoms with Crippen molar-refractivity contribution in [2.45, 2.75) is 32.7 Å². The minimum Gasteiger partial charge on any atom is -0.475 e. The van der Waals surface area contributed by atoms with E-state index in [-0.39, 0.29) is 30.0 Å². The first-order chi connectivity index (χ1) is 14.3. The Labute approximate surface area is 172 Å². The third kappa shape index (κ3) is 4.76. The maximum Gasteiger partial charge on any atom is 0.272 e. The lowest BCUT2D eigenvalue weighted by Gasteiger charge is -2.28. The van der Waals surface area contributed by atoms with Crippen LogP contribution in [-0.4, -0.2) is 55.0 Å². The smallest absolute Gasteiger partial charge is 0.272 e. The van der Waals surface area contributed by atoms with Crippen molar-refractivity contribution in [1.82, 2.24) is 29.9 Å². The van der Waals surface area contributed by atoms with Gasteiger partial charge in [0.2, 0.25) is 5.88 Å². The maximum absolute atomic E-state index is 13.3. The Morgan fingerprint density at radius 1 is 1.20 bits per heavy atom. The summed E-state index contributed by atoms with van der Waals surface area (Å²) < 4.78 is 32.2. The quantitative estimate of drug-likeness (QED) is 0.561. The first-order valence-corrected chi connectivity index (χ1v) is 9.40. The highest BCUT2D eigenvalue weighted by atomic mass is 19.3. The number of hydrogen-bond donors (Lipinski definition) is 0. The van der Waals surface area contributed by atoms with E-state index in [1.807, 2.05) is 13.8 Å². The van der Waals surface area contributed by atoms with E-state index in [0.29, 0.717) is 17.8 Å². The van der Waals surface area contributed by atoms with Gasteiger partial charge in [0.25, 0.3) is 11.8 Å². The van der Waals surface area contributed by atoms with Crippen LogP contribution in [0, 0.1) is 0 Å². The Kier molecular flexibility index (Phi) is 6.34. The van der Waals surface area contributed by atoms with Crippen molar-refractivity contribution in [2.75, 3.05) is 13.2 Å². The molecule has 0 fully saturated rings. The van der Waals surface area contributed by atoms with Crippen LogP contribution in [0.15, 0.2) is 49.2 Å². The monoisotopic (exact) mass is 416 g/mol. The molecule has 0 radical (unpaired) electrons. The summed E-state index contributed by atoms with van der Waals surface area (Å²) in [7, 11) is 0. The van der Waals surface area contributed by atoms with Crippen LogP contribution in [0.4, 0.5) is 8.78 Å². The van der Waals surface area contributed by atoms with Crippen molar-refractivity contribution in [3.8, 4) is 11.6 Å². The van der Waals surface area contributed by atoms with Gasteiger partial charge in [-0.25, -0.2) is 13.8 Å². The molecule has 10 heteroatoms. The average Bonchev–Trinajstić information content (AvgIpc) is 3.27. The molecule has 3 heterocycles. The van der Waals surface area contributed by atoms with Gasteiger partial charge in [-0.15, -0.1) is 0 Å². The third-order valence-corrected chi connectivity index (χ3v) is 4.51. The predicted octanol–water partition coefficient (Wildman–Crippen LogP) is 3.10. The first kappa shape index (κ1) is 21.3. The van der Waals surface area contributed by atoms with Gasteiger partial charge in [0.05, 0.1) is 24.0 Å². The van der Waals surface area contributed by atoms with E-state index in [4.69, 9.17) is 4.74 Å². The molecule has 30 heavy (non-hydrogen) atoms. The van der Waals surface area contributed by atoms with Gasteiger partial charge in [-0.2, -0.15) is 15.0 Å². The molecular weight excluding hydrogens is 394 g/mol. The number of likely N-dealkylation sites (N-methyl/N-ethyl adjacent to an activating group) is 1. The summed E-state index contributed by atoms with van der Waals surface area (Å²) in [5, 5.41) is 8.16. The number of halogens is 2. The molecule has 0 aliphatic carbocycles. The number of nitrogens with zero attached hydrogens (tertiary/aromatic N) is 6. The van der Waals surface area contributed by atoms with Gasteiger partial charge in [0.1, 0.15) is 12.3 Å². The topological polar surface area (TPSA) is 86.0 Å². The molecule has 0 aliphatic rings. The molecule has 3 rings (SSSR count). The fourth-order valence-corrected chi connectivity index (χ4v) is 2.90. The van der Waals surface area contributed by atoms with Crippen molar-refractivity contribution in [3.63, 3.8) is 0 Å². The fraction of sp³-hybridized carbons (Fsp3) is 0.350. The molecule has 0 saturated carbocycles. The van der Waals surface area contributed by atoms with Crippen LogP contribution in [0.5, 0.6) is 5.88 Å². The number of hydrogen-bond acceptors (Lipinski definition) is 6. The third-order valence-electron chi connectivity index (χ3n) is 4.51. The number of aromatic nitrogens is 5. The molecule has 0 spiro atoms. The van der Waals surface area contributed by atoms with E-state index >= 15 is 0 Å². The summed E-state index contributed by atoms with van der Waals surface area (Å²) >= 11 is 0. The average molecular weight is 416 g/mol. The van der Waals surface area contributed by atoms with Gasteiger partial charge in [-0.3, -0.25) is 9.78 Å². The van der Waals surface area contributed by atoms with Crippen LogP contribution in [0.1, 0.15) is 36.7 Å². The Balaban J connectivity index is 1.71. The number of carbonyl (C=O) groups is 1. The van der Waals surface area contributed by atoms with E-state index in [2.05, 4.69) is 20.2 Å². The molecule has 0 aliphatic heterocycles. The SMILES string of the molecule is CCN(C(=O)c1cnccc1-n1nccn1)[C@@H](C)COc1ccc(C(C)(F)F)cn1. The van der Waals surface area contributed by atoms with Crippen molar-refractivity contribution in [3.05, 3.63) is 60.3 Å². The van der Waals surface area contributed by atoms with Gasteiger partial charge in [-0.1, -0.05) is 0 Å². The number of amides is 1. The fourth-order valence-electron chi connectivity index (χ4n) is 2.90. The summed E-state index contributed by atoms with van der Waals surface area (Å²) in [4.78, 5) is 24.1. The van der Waals surface area contributed by atoms with Crippen LogP contribution in [-0.2, 0) is 5.92 Å². The van der Waals surface area contributed by atoms with Gasteiger partial charge in [-0.05, 0) is 26.0 Å². The summed E-state index contributed by atoms with van der Waals surface area (Å²) in [6, 6.07) is 4.02. The molecule has 0 aromatic carbocycles. The highest BCUT2D eigenvalue weighted by molar-refractivity contribution is 5.97. The van der Waals surface area contributed by atoms with Crippen molar-refractivity contribution < 1.29 is 18.3 Å². The summed E-state index contributed by atoms with van der Waals surface area (Å²) in [5.74, 6) is -3.00. The Bertz CT molecular complexity index is 974. The maximum atomic E-state index is 13.3. The molecule has 0 unspecified atom stereocenters. The molecule has 0 saturated heterocycles. The first-order valence-electron chi connectivity index (χ1n) is 9.40. The lowest BCUT2D eigenvalue weighted by Crippen LogP contribution is -2.42. The highest BCUT2D eigenvalue weighted by Gasteiger charge is 2.26. The van der Waals surface area contributed by atoms with Gasteiger partial charge < -0.3 is 9.64 Å².